The summed E-state index contributed by atoms with van der Waals surface area (Å²) in [5.74, 6) is 0. The van der Waals surface area contributed by atoms with E-state index < -0.39 is 4.87 Å². The summed E-state index contributed by atoms with van der Waals surface area (Å²) >= 11 is 6.77. The normalized spacial score (nSPS) is 11.4. The molecular weight excluding hydrogens is 216 g/mol. The molecule has 0 nitrogen and oxygen atoms in total. The van der Waals surface area contributed by atoms with Crippen LogP contribution in [0.5, 0.6) is 0 Å². The first-order valence-corrected chi connectivity index (χ1v) is 5.95. The van der Waals surface area contributed by atoms with E-state index in [9.17, 15) is 0 Å². The monoisotopic (exact) mass is 230 g/mol. The molecule has 0 saturated heterocycles. The number of halogens is 1. The van der Waals surface area contributed by atoms with Crippen molar-refractivity contribution in [2.45, 2.75) is 18.2 Å². The molecule has 0 aliphatic carbocycles. The van der Waals surface area contributed by atoms with Crippen LogP contribution in [0.4, 0.5) is 0 Å². The number of benzene rings is 2. The Hall–Kier alpha value is -1.27. The van der Waals surface area contributed by atoms with Crippen LogP contribution in [0.15, 0.2) is 60.7 Å². The Morgan fingerprint density at radius 2 is 1.19 bits per heavy atom. The van der Waals surface area contributed by atoms with Crippen molar-refractivity contribution >= 4 is 11.6 Å². The lowest BCUT2D eigenvalue weighted by Crippen LogP contribution is -2.18. The summed E-state index contributed by atoms with van der Waals surface area (Å²) < 4.78 is 0. The van der Waals surface area contributed by atoms with Crippen LogP contribution in [0, 0.1) is 0 Å². The Balaban J connectivity index is 2.49. The van der Waals surface area contributed by atoms with Crippen molar-refractivity contribution in [3.8, 4) is 0 Å². The van der Waals surface area contributed by atoms with Gasteiger partial charge in [-0.3, -0.25) is 0 Å². The summed E-state index contributed by atoms with van der Waals surface area (Å²) in [6.45, 7) is 2.12. The fourth-order valence-electron chi connectivity index (χ4n) is 1.98. The van der Waals surface area contributed by atoms with E-state index in [-0.39, 0.29) is 0 Å². The summed E-state index contributed by atoms with van der Waals surface area (Å²) in [6, 6.07) is 20.5. The molecule has 0 spiro atoms. The minimum absolute atomic E-state index is 0.400. The summed E-state index contributed by atoms with van der Waals surface area (Å²) in [7, 11) is 0. The smallest absolute Gasteiger partial charge is 0.0941 e. The lowest BCUT2D eigenvalue weighted by molar-refractivity contribution is 0.696. The average Bonchev–Trinajstić information content (AvgIpc) is 2.40. The first kappa shape index (κ1) is 11.2. The van der Waals surface area contributed by atoms with Crippen molar-refractivity contribution < 1.29 is 0 Å². The van der Waals surface area contributed by atoms with Crippen molar-refractivity contribution in [1.82, 2.24) is 0 Å². The highest BCUT2D eigenvalue weighted by atomic mass is 35.5. The highest BCUT2D eigenvalue weighted by molar-refractivity contribution is 6.26. The van der Waals surface area contributed by atoms with Gasteiger partial charge >= 0.3 is 0 Å². The second-order valence-electron chi connectivity index (χ2n) is 3.89. The van der Waals surface area contributed by atoms with Gasteiger partial charge in [0.15, 0.2) is 0 Å². The van der Waals surface area contributed by atoms with Gasteiger partial charge in [0.1, 0.15) is 0 Å². The molecule has 2 aromatic carbocycles. The molecule has 0 aromatic heterocycles. The molecule has 0 unspecified atom stereocenters. The minimum Gasteiger partial charge on any atom is -0.109 e. The fourth-order valence-corrected chi connectivity index (χ4v) is 2.23. The molecule has 0 N–H and O–H groups in total. The number of hydrogen-bond donors (Lipinski definition) is 0. The molecule has 82 valence electrons. The Bertz CT molecular complexity index is 394. The molecule has 0 fully saturated rings. The van der Waals surface area contributed by atoms with Crippen molar-refractivity contribution in [2.24, 2.45) is 0 Å². The Labute approximate surface area is 102 Å². The van der Waals surface area contributed by atoms with E-state index in [0.29, 0.717) is 0 Å². The Kier molecular flexibility index (Phi) is 3.31. The van der Waals surface area contributed by atoms with Gasteiger partial charge in [0, 0.05) is 0 Å². The van der Waals surface area contributed by atoms with Gasteiger partial charge in [-0.1, -0.05) is 67.6 Å². The van der Waals surface area contributed by atoms with Crippen LogP contribution in [0.1, 0.15) is 24.5 Å². The number of rotatable bonds is 3. The van der Waals surface area contributed by atoms with Gasteiger partial charge in [-0.15, -0.1) is 11.6 Å². The van der Waals surface area contributed by atoms with Crippen LogP contribution in [0.2, 0.25) is 0 Å². The summed E-state index contributed by atoms with van der Waals surface area (Å²) in [5, 5.41) is 0. The van der Waals surface area contributed by atoms with Gasteiger partial charge in [-0.2, -0.15) is 0 Å². The van der Waals surface area contributed by atoms with Crippen LogP contribution >= 0.6 is 11.6 Å². The first-order chi connectivity index (χ1) is 7.77. The maximum absolute atomic E-state index is 6.77. The van der Waals surface area contributed by atoms with Crippen molar-refractivity contribution in [3.05, 3.63) is 71.8 Å². The van der Waals surface area contributed by atoms with E-state index in [0.717, 1.165) is 17.5 Å². The maximum atomic E-state index is 6.77. The summed E-state index contributed by atoms with van der Waals surface area (Å²) in [4.78, 5) is -0.400. The molecule has 2 rings (SSSR count). The van der Waals surface area contributed by atoms with E-state index in [1.165, 1.54) is 0 Å². The van der Waals surface area contributed by atoms with Crippen LogP contribution in [-0.2, 0) is 4.87 Å². The van der Waals surface area contributed by atoms with Crippen LogP contribution in [0.3, 0.4) is 0 Å². The van der Waals surface area contributed by atoms with Gasteiger partial charge in [-0.25, -0.2) is 0 Å². The van der Waals surface area contributed by atoms with E-state index in [2.05, 4.69) is 31.2 Å². The summed E-state index contributed by atoms with van der Waals surface area (Å²) in [5.41, 5.74) is 2.32. The molecule has 0 aliphatic heterocycles. The first-order valence-electron chi connectivity index (χ1n) is 5.57. The number of hydrogen-bond acceptors (Lipinski definition) is 0. The molecule has 0 bridgehead atoms. The third-order valence-electron chi connectivity index (χ3n) is 2.95. The average molecular weight is 231 g/mol. The Morgan fingerprint density at radius 1 is 0.812 bits per heavy atom. The second-order valence-corrected chi connectivity index (χ2v) is 4.53. The highest BCUT2D eigenvalue weighted by Gasteiger charge is 2.29. The van der Waals surface area contributed by atoms with Crippen LogP contribution in [-0.4, -0.2) is 0 Å². The van der Waals surface area contributed by atoms with E-state index in [4.69, 9.17) is 11.6 Å². The standard InChI is InChI=1S/C15H15Cl/c1-2-15(16,13-9-5-3-6-10-13)14-11-7-4-8-12-14/h3-12H,2H2,1H3. The van der Waals surface area contributed by atoms with Crippen LogP contribution in [0.25, 0.3) is 0 Å². The third-order valence-corrected chi connectivity index (χ3v) is 3.65. The quantitative estimate of drug-likeness (QED) is 0.678. The van der Waals surface area contributed by atoms with E-state index in [1.54, 1.807) is 0 Å². The van der Waals surface area contributed by atoms with Crippen molar-refractivity contribution in [3.63, 3.8) is 0 Å². The van der Waals surface area contributed by atoms with Gasteiger partial charge in [0.05, 0.1) is 4.87 Å². The lowest BCUT2D eigenvalue weighted by atomic mass is 9.88. The molecule has 0 amide bonds. The van der Waals surface area contributed by atoms with E-state index in [1.807, 2.05) is 36.4 Å². The maximum Gasteiger partial charge on any atom is 0.0941 e. The summed E-state index contributed by atoms with van der Waals surface area (Å²) in [6.07, 6.45) is 0.878. The van der Waals surface area contributed by atoms with Gasteiger partial charge in [-0.05, 0) is 17.5 Å². The zero-order valence-electron chi connectivity index (χ0n) is 9.36. The molecule has 0 aliphatic rings. The highest BCUT2D eigenvalue weighted by Crippen LogP contribution is 2.39. The van der Waals surface area contributed by atoms with Gasteiger partial charge in [0.25, 0.3) is 0 Å². The zero-order valence-corrected chi connectivity index (χ0v) is 10.1. The SMILES string of the molecule is CCC(Cl)(c1ccccc1)c1ccccc1. The second kappa shape index (κ2) is 4.71. The molecule has 1 heteroatoms. The largest absolute Gasteiger partial charge is 0.109 e. The topological polar surface area (TPSA) is 0 Å². The number of alkyl halides is 1. The zero-order chi connectivity index (χ0) is 11.4. The van der Waals surface area contributed by atoms with E-state index >= 15 is 0 Å². The molecule has 0 heterocycles. The van der Waals surface area contributed by atoms with Gasteiger partial charge < -0.3 is 0 Å². The molecule has 2 aromatic rings. The fraction of sp³-hybridized carbons (Fsp3) is 0.200. The molecule has 16 heavy (non-hydrogen) atoms. The van der Waals surface area contributed by atoms with Gasteiger partial charge in [0.2, 0.25) is 0 Å². The molecule has 0 atom stereocenters. The molecular formula is C15H15Cl. The molecule has 0 radical (unpaired) electrons. The third kappa shape index (κ3) is 1.98. The predicted molar refractivity (Wildman–Crippen MR) is 69.8 cm³/mol. The van der Waals surface area contributed by atoms with Crippen molar-refractivity contribution in [1.29, 1.82) is 0 Å². The lowest BCUT2D eigenvalue weighted by Gasteiger charge is -2.26. The van der Waals surface area contributed by atoms with Crippen LogP contribution < -0.4 is 0 Å². The Morgan fingerprint density at radius 3 is 1.50 bits per heavy atom. The minimum atomic E-state index is -0.400. The molecule has 0 saturated carbocycles. The van der Waals surface area contributed by atoms with Crippen molar-refractivity contribution in [2.75, 3.05) is 0 Å². The predicted octanol–water partition coefficient (Wildman–Crippen LogP) is 4.58.